The zero-order chi connectivity index (χ0) is 31.5. The van der Waals surface area contributed by atoms with Crippen molar-refractivity contribution in [2.75, 3.05) is 45.2 Å². The predicted octanol–water partition coefficient (Wildman–Crippen LogP) is 3.48. The monoisotopic (exact) mass is 596 g/mol. The predicted molar refractivity (Wildman–Crippen MR) is 144 cm³/mol. The molecule has 41 heavy (non-hydrogen) atoms. The molecular formula is C27H41F5N4O5. The molecule has 1 aromatic carbocycles. The molecule has 14 heteroatoms. The van der Waals surface area contributed by atoms with Crippen LogP contribution in [0.2, 0.25) is 0 Å². The van der Waals surface area contributed by atoms with E-state index < -0.39 is 47.2 Å². The molecule has 1 aromatic rings. The minimum absolute atomic E-state index is 0.00856. The number of nitrogens with zero attached hydrogens (tertiary/aromatic N) is 2. The number of aldehydes is 1. The van der Waals surface area contributed by atoms with Crippen LogP contribution in [0.25, 0.3) is 0 Å². The van der Waals surface area contributed by atoms with E-state index in [1.54, 1.807) is 0 Å². The molecule has 0 spiro atoms. The highest BCUT2D eigenvalue weighted by atomic mass is 19.4. The van der Waals surface area contributed by atoms with Gasteiger partial charge in [0.05, 0.1) is 16.8 Å². The van der Waals surface area contributed by atoms with E-state index in [9.17, 15) is 36.3 Å². The summed E-state index contributed by atoms with van der Waals surface area (Å²) >= 11 is 0. The molecule has 0 saturated carbocycles. The molecule has 1 aliphatic rings. The van der Waals surface area contributed by atoms with Crippen LogP contribution in [-0.4, -0.2) is 92.6 Å². The summed E-state index contributed by atoms with van der Waals surface area (Å²) in [5.74, 6) is -2.75. The zero-order valence-electron chi connectivity index (χ0n) is 24.3. The Hall–Kier alpha value is -3.00. The van der Waals surface area contributed by atoms with Crippen LogP contribution in [-0.2, 0) is 15.8 Å². The number of alkyl halides is 5. The Balaban J connectivity index is 0.00000411. The van der Waals surface area contributed by atoms with E-state index in [1.807, 2.05) is 19.2 Å². The van der Waals surface area contributed by atoms with Crippen LogP contribution in [0.3, 0.4) is 0 Å². The molecule has 0 radical (unpaired) electrons. The molecule has 1 saturated heterocycles. The minimum atomic E-state index is -4.95. The number of hydrogen-bond donors (Lipinski definition) is 3. The largest absolute Gasteiger partial charge is 0.478 e. The van der Waals surface area contributed by atoms with E-state index in [4.69, 9.17) is 9.84 Å². The number of hydrogen-bond acceptors (Lipinski definition) is 7. The van der Waals surface area contributed by atoms with Crippen LogP contribution in [0, 0.1) is 0 Å². The first-order chi connectivity index (χ1) is 19.1. The molecule has 2 rings (SSSR count). The van der Waals surface area contributed by atoms with Gasteiger partial charge in [0.2, 0.25) is 0 Å². The molecule has 0 unspecified atom stereocenters. The third-order valence-corrected chi connectivity index (χ3v) is 6.48. The second-order valence-electron chi connectivity index (χ2n) is 9.96. The number of ether oxygens (including phenoxy) is 1. The van der Waals surface area contributed by atoms with Gasteiger partial charge >= 0.3 is 12.6 Å². The highest BCUT2D eigenvalue weighted by Gasteiger charge is 2.39. The van der Waals surface area contributed by atoms with Crippen LogP contribution in [0.4, 0.5) is 27.6 Å². The van der Waals surface area contributed by atoms with Crippen molar-refractivity contribution in [1.82, 2.24) is 15.5 Å². The van der Waals surface area contributed by atoms with Gasteiger partial charge < -0.3 is 30.3 Å². The number of anilines is 1. The van der Waals surface area contributed by atoms with Crippen LogP contribution in [0.5, 0.6) is 5.75 Å². The molecule has 0 aromatic heterocycles. The number of carbonyl (C=O) groups excluding carboxylic acids is 3. The summed E-state index contributed by atoms with van der Waals surface area (Å²) in [6.07, 6.45) is -6.11. The normalized spacial score (nSPS) is 17.3. The Kier molecular flexibility index (Phi) is 13.9. The molecule has 3 N–H and O–H groups in total. The molecule has 2 amide bonds. The van der Waals surface area contributed by atoms with Crippen molar-refractivity contribution in [2.45, 2.75) is 77.2 Å². The molecule has 0 bridgehead atoms. The standard InChI is InChI=1S/C25H35F5N4O5.C2H6/c1-24(2,14-36)39-20-12-18(25(28,29)30)17(11-19(20)33(3)9-8-31-22(37)21(26)27)23(38)34(4)16-6-5-15(7-10-35)32-13-16;1-2/h11-12,14-16,21,32,35H,5-10,13H2,1-4H3,(H,31,37);1-2H3/t15-,16-;/m1./s1. The van der Waals surface area contributed by atoms with Gasteiger partial charge in [0.15, 0.2) is 11.9 Å². The van der Waals surface area contributed by atoms with Gasteiger partial charge in [0.1, 0.15) is 5.75 Å². The van der Waals surface area contributed by atoms with Gasteiger partial charge in [0, 0.05) is 52.4 Å². The van der Waals surface area contributed by atoms with Crippen molar-refractivity contribution in [1.29, 1.82) is 0 Å². The van der Waals surface area contributed by atoms with Crippen LogP contribution >= 0.6 is 0 Å². The molecule has 9 nitrogen and oxygen atoms in total. The maximum atomic E-state index is 14.2. The number of piperidine rings is 1. The van der Waals surface area contributed by atoms with Crippen molar-refractivity contribution >= 4 is 23.8 Å². The lowest BCUT2D eigenvalue weighted by Gasteiger charge is -2.36. The van der Waals surface area contributed by atoms with Gasteiger partial charge in [-0.1, -0.05) is 13.8 Å². The Morgan fingerprint density at radius 2 is 1.83 bits per heavy atom. The summed E-state index contributed by atoms with van der Waals surface area (Å²) in [6, 6.07) is 1.29. The summed E-state index contributed by atoms with van der Waals surface area (Å²) < 4.78 is 73.1. The first-order valence-electron chi connectivity index (χ1n) is 13.4. The van der Waals surface area contributed by atoms with E-state index in [2.05, 4.69) is 5.32 Å². The average Bonchev–Trinajstić information content (AvgIpc) is 2.92. The molecule has 2 atom stereocenters. The van der Waals surface area contributed by atoms with Gasteiger partial charge in [-0.25, -0.2) is 0 Å². The van der Waals surface area contributed by atoms with Crippen molar-refractivity contribution in [2.24, 2.45) is 0 Å². The van der Waals surface area contributed by atoms with Gasteiger partial charge in [0.25, 0.3) is 11.8 Å². The highest BCUT2D eigenvalue weighted by molar-refractivity contribution is 5.97. The number of halogens is 5. The second-order valence-corrected chi connectivity index (χ2v) is 9.96. The van der Waals surface area contributed by atoms with E-state index in [0.29, 0.717) is 38.2 Å². The number of rotatable bonds is 12. The smallest absolute Gasteiger partial charge is 0.417 e. The maximum Gasteiger partial charge on any atom is 0.417 e. The van der Waals surface area contributed by atoms with Gasteiger partial charge in [-0.15, -0.1) is 0 Å². The third kappa shape index (κ3) is 10.4. The van der Waals surface area contributed by atoms with Crippen molar-refractivity contribution in [3.05, 3.63) is 23.3 Å². The fourth-order valence-electron chi connectivity index (χ4n) is 4.20. The van der Waals surface area contributed by atoms with Gasteiger partial charge in [-0.05, 0) is 45.2 Å². The van der Waals surface area contributed by atoms with Gasteiger partial charge in [-0.2, -0.15) is 22.0 Å². The summed E-state index contributed by atoms with van der Waals surface area (Å²) in [4.78, 5) is 38.6. The first kappa shape index (κ1) is 36.0. The number of aliphatic hydroxyl groups is 1. The summed E-state index contributed by atoms with van der Waals surface area (Å²) in [5.41, 5.74) is -3.45. The van der Waals surface area contributed by atoms with Crippen LogP contribution < -0.4 is 20.3 Å². The quantitative estimate of drug-likeness (QED) is 0.250. The Bertz CT molecular complexity index is 1010. The van der Waals surface area contributed by atoms with E-state index >= 15 is 0 Å². The Labute approximate surface area is 237 Å². The van der Waals surface area contributed by atoms with E-state index in [0.717, 1.165) is 6.07 Å². The number of nitrogens with one attached hydrogen (secondary N) is 2. The highest BCUT2D eigenvalue weighted by Crippen LogP contribution is 2.41. The van der Waals surface area contributed by atoms with Crippen molar-refractivity contribution in [3.8, 4) is 5.75 Å². The number of amides is 2. The lowest BCUT2D eigenvalue weighted by atomic mass is 9.96. The topological polar surface area (TPSA) is 111 Å². The summed E-state index contributed by atoms with van der Waals surface area (Å²) in [6.45, 7) is 6.61. The molecule has 0 aliphatic carbocycles. The summed E-state index contributed by atoms with van der Waals surface area (Å²) in [5, 5.41) is 14.3. The number of aliphatic hydroxyl groups excluding tert-OH is 1. The van der Waals surface area contributed by atoms with Gasteiger partial charge in [-0.3, -0.25) is 14.4 Å². The lowest BCUT2D eigenvalue weighted by molar-refractivity contribution is -0.138. The first-order valence-corrected chi connectivity index (χ1v) is 13.4. The van der Waals surface area contributed by atoms with Crippen molar-refractivity contribution in [3.63, 3.8) is 0 Å². The lowest BCUT2D eigenvalue weighted by Crippen LogP contribution is -2.50. The zero-order valence-corrected chi connectivity index (χ0v) is 24.3. The van der Waals surface area contributed by atoms with Crippen molar-refractivity contribution < 1.29 is 46.2 Å². The molecule has 234 valence electrons. The average molecular weight is 597 g/mol. The fourth-order valence-corrected chi connectivity index (χ4v) is 4.20. The van der Waals surface area contributed by atoms with Crippen LogP contribution in [0.15, 0.2) is 12.1 Å². The molecule has 1 fully saturated rings. The number of benzene rings is 1. The number of likely N-dealkylation sites (N-methyl/N-ethyl adjacent to an activating group) is 2. The summed E-state index contributed by atoms with van der Waals surface area (Å²) in [7, 11) is 2.83. The van der Waals surface area contributed by atoms with E-state index in [-0.39, 0.29) is 37.2 Å². The molecule has 1 aliphatic heterocycles. The third-order valence-electron chi connectivity index (χ3n) is 6.48. The maximum absolute atomic E-state index is 14.2. The second kappa shape index (κ2) is 15.9. The molecule has 1 heterocycles. The fraction of sp³-hybridized carbons (Fsp3) is 0.667. The Morgan fingerprint density at radius 1 is 1.20 bits per heavy atom. The van der Waals surface area contributed by atoms with E-state index in [1.165, 1.54) is 37.7 Å². The molecular weight excluding hydrogens is 555 g/mol. The SMILES string of the molecule is CC.CN(CCNC(=O)C(F)F)c1cc(C(=O)N(C)[C@@H]2CC[C@H](CCO)NC2)c(C(F)(F)F)cc1OC(C)(C)C=O. The Morgan fingerprint density at radius 3 is 2.32 bits per heavy atom. The number of carbonyl (C=O) groups is 3. The van der Waals surface area contributed by atoms with Crippen LogP contribution in [0.1, 0.15) is 62.9 Å². The minimum Gasteiger partial charge on any atom is -0.478 e.